The maximum atomic E-state index is 14.0. The van der Waals surface area contributed by atoms with Crippen LogP contribution >= 0.6 is 0 Å². The first-order valence-corrected chi connectivity index (χ1v) is 18.7. The van der Waals surface area contributed by atoms with Gasteiger partial charge in [-0.1, -0.05) is 97.1 Å². The van der Waals surface area contributed by atoms with Gasteiger partial charge in [0.15, 0.2) is 0 Å². The van der Waals surface area contributed by atoms with Crippen molar-refractivity contribution >= 4 is 35.5 Å². The SMILES string of the molecule is CCCCCCCC1CC(=O)N[C@H](CC(C)C)C(=O)N[C@@H](CO)C(=O)NC([C@@H](C)O)C(=O)N[C@H](Cc2ccccc2)C(=O)NC([C@@H](C)CC)C(=O)O1. The Bertz CT molecular complexity index is 1310. The number of unbranched alkanes of at least 4 members (excludes halogenated alkanes) is 4. The zero-order valence-electron chi connectivity index (χ0n) is 31.6. The molecule has 7 N–H and O–H groups in total. The van der Waals surface area contributed by atoms with Gasteiger partial charge in [-0.15, -0.1) is 0 Å². The highest BCUT2D eigenvalue weighted by atomic mass is 16.5. The molecule has 1 aliphatic rings. The van der Waals surface area contributed by atoms with Gasteiger partial charge in [0.25, 0.3) is 0 Å². The zero-order valence-corrected chi connectivity index (χ0v) is 31.6. The molecule has 2 rings (SSSR count). The summed E-state index contributed by atoms with van der Waals surface area (Å²) in [6.45, 7) is 9.86. The molecule has 1 aromatic rings. The minimum atomic E-state index is -1.59. The molecule has 0 aromatic heterocycles. The topological polar surface area (TPSA) is 212 Å². The van der Waals surface area contributed by atoms with Crippen molar-refractivity contribution in [2.45, 2.75) is 148 Å². The van der Waals surface area contributed by atoms with Crippen molar-refractivity contribution in [3.8, 4) is 0 Å². The predicted octanol–water partition coefficient (Wildman–Crippen LogP) is 1.79. The molecule has 14 nitrogen and oxygen atoms in total. The Morgan fingerprint density at radius 1 is 0.731 bits per heavy atom. The molecular formula is C38H61N5O9. The number of aliphatic hydroxyl groups excluding tert-OH is 2. The second-order valence-electron chi connectivity index (χ2n) is 14.3. The minimum Gasteiger partial charge on any atom is -0.460 e. The second-order valence-corrected chi connectivity index (χ2v) is 14.3. The molecular weight excluding hydrogens is 670 g/mol. The van der Waals surface area contributed by atoms with E-state index in [4.69, 9.17) is 4.74 Å². The molecule has 8 atom stereocenters. The molecule has 1 aliphatic heterocycles. The quantitative estimate of drug-likeness (QED) is 0.110. The highest BCUT2D eigenvalue weighted by molar-refractivity contribution is 5.96. The van der Waals surface area contributed by atoms with Crippen LogP contribution in [0.15, 0.2) is 30.3 Å². The van der Waals surface area contributed by atoms with Gasteiger partial charge in [0.2, 0.25) is 29.5 Å². The maximum absolute atomic E-state index is 14.0. The molecule has 0 radical (unpaired) electrons. The summed E-state index contributed by atoms with van der Waals surface area (Å²) >= 11 is 0. The van der Waals surface area contributed by atoms with Crippen LogP contribution in [0.4, 0.5) is 0 Å². The summed E-state index contributed by atoms with van der Waals surface area (Å²) in [4.78, 5) is 81.7. The molecule has 0 bridgehead atoms. The molecule has 1 fully saturated rings. The summed E-state index contributed by atoms with van der Waals surface area (Å²) in [5, 5.41) is 33.6. The molecule has 52 heavy (non-hydrogen) atoms. The number of esters is 1. The number of cyclic esters (lactones) is 1. The molecule has 292 valence electrons. The summed E-state index contributed by atoms with van der Waals surface area (Å²) in [5.74, 6) is -5.04. The number of carbonyl (C=O) groups is 6. The Hall–Kier alpha value is -4.04. The summed E-state index contributed by atoms with van der Waals surface area (Å²) in [6.07, 6.45) is 3.15. The van der Waals surface area contributed by atoms with Crippen molar-refractivity contribution in [2.24, 2.45) is 11.8 Å². The van der Waals surface area contributed by atoms with Crippen molar-refractivity contribution in [3.63, 3.8) is 0 Å². The van der Waals surface area contributed by atoms with E-state index >= 15 is 0 Å². The number of ether oxygens (including phenoxy) is 1. The van der Waals surface area contributed by atoms with Gasteiger partial charge >= 0.3 is 5.97 Å². The lowest BCUT2D eigenvalue weighted by Crippen LogP contribution is -2.62. The molecule has 5 amide bonds. The lowest BCUT2D eigenvalue weighted by atomic mass is 9.97. The first kappa shape index (κ1) is 44.1. The lowest BCUT2D eigenvalue weighted by Gasteiger charge is -2.29. The standard InChI is InChI=1S/C38H61N5O9/c1-7-9-10-11-15-18-27-21-31(46)39-28(19-23(3)4)34(47)41-30(22-44)36(49)43-33(25(6)45)37(50)40-29(20-26-16-13-12-14-17-26)35(48)42-32(24(5)8-2)38(51)52-27/h12-14,16-17,23-25,27-30,32-33,44-45H,7-11,15,18-22H2,1-6H3,(H,39,46)(H,40,50)(H,41,47)(H,42,48)(H,43,49)/t24-,25+,27?,28+,29+,30-,32?,33?/m0/s1. The third-order valence-electron chi connectivity index (χ3n) is 9.24. The molecule has 3 unspecified atom stereocenters. The summed E-state index contributed by atoms with van der Waals surface area (Å²) in [5.41, 5.74) is 0.690. The largest absolute Gasteiger partial charge is 0.460 e. The molecule has 1 aromatic carbocycles. The van der Waals surface area contributed by atoms with E-state index in [1.165, 1.54) is 6.92 Å². The van der Waals surface area contributed by atoms with Gasteiger partial charge in [-0.2, -0.15) is 0 Å². The monoisotopic (exact) mass is 731 g/mol. The van der Waals surface area contributed by atoms with Crippen LogP contribution in [-0.2, 0) is 39.9 Å². The van der Waals surface area contributed by atoms with Crippen LogP contribution in [0.5, 0.6) is 0 Å². The first-order chi connectivity index (χ1) is 24.7. The molecule has 0 saturated carbocycles. The Morgan fingerprint density at radius 2 is 1.33 bits per heavy atom. The Morgan fingerprint density at radius 3 is 1.92 bits per heavy atom. The number of carbonyl (C=O) groups excluding carboxylic acids is 6. The lowest BCUT2D eigenvalue weighted by molar-refractivity contribution is -0.156. The predicted molar refractivity (Wildman–Crippen MR) is 195 cm³/mol. The van der Waals surface area contributed by atoms with Gasteiger partial charge in [-0.25, -0.2) is 4.79 Å². The highest BCUT2D eigenvalue weighted by Crippen LogP contribution is 2.18. The third-order valence-corrected chi connectivity index (χ3v) is 9.24. The number of rotatable bonds is 14. The van der Waals surface area contributed by atoms with Gasteiger partial charge in [0.05, 0.1) is 19.1 Å². The summed E-state index contributed by atoms with van der Waals surface area (Å²) in [7, 11) is 0. The number of amides is 5. The fraction of sp³-hybridized carbons (Fsp3) is 0.684. The molecule has 0 aliphatic carbocycles. The van der Waals surface area contributed by atoms with E-state index in [2.05, 4.69) is 33.5 Å². The van der Waals surface area contributed by atoms with Crippen LogP contribution < -0.4 is 26.6 Å². The van der Waals surface area contributed by atoms with Gasteiger partial charge < -0.3 is 41.5 Å². The van der Waals surface area contributed by atoms with Crippen molar-refractivity contribution in [1.29, 1.82) is 0 Å². The third kappa shape index (κ3) is 14.9. The summed E-state index contributed by atoms with van der Waals surface area (Å²) in [6, 6.07) is 2.26. The van der Waals surface area contributed by atoms with Gasteiger partial charge in [0, 0.05) is 6.42 Å². The van der Waals surface area contributed by atoms with Crippen molar-refractivity contribution in [2.75, 3.05) is 6.61 Å². The average Bonchev–Trinajstić information content (AvgIpc) is 3.09. The van der Waals surface area contributed by atoms with Crippen molar-refractivity contribution < 1.29 is 43.7 Å². The zero-order chi connectivity index (χ0) is 38.8. The van der Waals surface area contributed by atoms with Gasteiger partial charge in [-0.05, 0) is 43.6 Å². The number of hydrogen-bond acceptors (Lipinski definition) is 9. The van der Waals surface area contributed by atoms with Crippen LogP contribution in [0.25, 0.3) is 0 Å². The van der Waals surface area contributed by atoms with E-state index in [1.807, 2.05) is 20.8 Å². The normalized spacial score (nSPS) is 25.6. The molecule has 1 saturated heterocycles. The van der Waals surface area contributed by atoms with Gasteiger partial charge in [-0.3, -0.25) is 24.0 Å². The number of benzene rings is 1. The average molecular weight is 732 g/mol. The number of hydrogen-bond donors (Lipinski definition) is 7. The van der Waals surface area contributed by atoms with E-state index in [9.17, 15) is 39.0 Å². The number of nitrogens with one attached hydrogen (secondary N) is 5. The van der Waals surface area contributed by atoms with Crippen LogP contribution in [0.3, 0.4) is 0 Å². The second kappa shape index (κ2) is 22.8. The highest BCUT2D eigenvalue weighted by Gasteiger charge is 2.36. The van der Waals surface area contributed by atoms with E-state index in [1.54, 1.807) is 37.3 Å². The molecule has 14 heteroatoms. The minimum absolute atomic E-state index is 0.00822. The smallest absolute Gasteiger partial charge is 0.329 e. The van der Waals surface area contributed by atoms with Crippen LogP contribution in [0.2, 0.25) is 0 Å². The number of aliphatic hydroxyl groups is 2. The first-order valence-electron chi connectivity index (χ1n) is 18.7. The molecule has 0 spiro atoms. The fourth-order valence-corrected chi connectivity index (χ4v) is 5.95. The Labute approximate surface area is 308 Å². The van der Waals surface area contributed by atoms with E-state index in [0.29, 0.717) is 24.8 Å². The van der Waals surface area contributed by atoms with E-state index < -0.39 is 90.4 Å². The summed E-state index contributed by atoms with van der Waals surface area (Å²) < 4.78 is 5.97. The van der Waals surface area contributed by atoms with Gasteiger partial charge in [0.1, 0.15) is 36.3 Å². The van der Waals surface area contributed by atoms with Crippen LogP contribution in [0, 0.1) is 11.8 Å². The van der Waals surface area contributed by atoms with Crippen LogP contribution in [0.1, 0.15) is 105 Å². The van der Waals surface area contributed by atoms with Crippen molar-refractivity contribution in [1.82, 2.24) is 26.6 Å². The van der Waals surface area contributed by atoms with Crippen LogP contribution in [-0.4, -0.2) is 94.7 Å². The van der Waals surface area contributed by atoms with E-state index in [-0.39, 0.29) is 25.2 Å². The maximum Gasteiger partial charge on any atom is 0.329 e. The van der Waals surface area contributed by atoms with E-state index in [0.717, 1.165) is 25.7 Å². The molecule has 1 heterocycles. The fourth-order valence-electron chi connectivity index (χ4n) is 5.95. The Kier molecular flexibility index (Phi) is 19.3. The van der Waals surface area contributed by atoms with Crippen molar-refractivity contribution in [3.05, 3.63) is 35.9 Å². The Balaban J connectivity index is 2.60.